The molecule has 6 nitrogen and oxygen atoms in total. The lowest BCUT2D eigenvalue weighted by molar-refractivity contribution is -0.0659. The van der Waals surface area contributed by atoms with Crippen LogP contribution in [0.15, 0.2) is 30.3 Å². The second-order valence-electron chi connectivity index (χ2n) is 7.43. The van der Waals surface area contributed by atoms with E-state index in [1.807, 2.05) is 58.0 Å². The number of rotatable bonds is 3. The molecule has 2 heterocycles. The molecule has 1 aromatic carbocycles. The molecule has 2 N–H and O–H groups in total. The number of hydrazine groups is 1. The molecule has 0 aromatic heterocycles. The van der Waals surface area contributed by atoms with Crippen LogP contribution in [0.3, 0.4) is 0 Å². The van der Waals surface area contributed by atoms with E-state index in [9.17, 15) is 8.42 Å². The van der Waals surface area contributed by atoms with Crippen molar-refractivity contribution < 1.29 is 13.2 Å². The van der Waals surface area contributed by atoms with Crippen molar-refractivity contribution in [2.75, 3.05) is 13.2 Å². The van der Waals surface area contributed by atoms with Crippen molar-refractivity contribution in [3.63, 3.8) is 0 Å². The van der Waals surface area contributed by atoms with Gasteiger partial charge in [0.1, 0.15) is 5.25 Å². The van der Waals surface area contributed by atoms with Crippen molar-refractivity contribution in [1.29, 1.82) is 0 Å². The van der Waals surface area contributed by atoms with Crippen molar-refractivity contribution in [3.8, 4) is 0 Å². The average Bonchev–Trinajstić information content (AvgIpc) is 2.87. The number of hydrogen-bond donors (Lipinski definition) is 2. The first kappa shape index (κ1) is 17.8. The summed E-state index contributed by atoms with van der Waals surface area (Å²) in [5, 5.41) is -0.494. The van der Waals surface area contributed by atoms with Crippen LogP contribution in [0.1, 0.15) is 39.4 Å². The summed E-state index contributed by atoms with van der Waals surface area (Å²) >= 11 is 0. The van der Waals surface area contributed by atoms with Crippen LogP contribution in [-0.4, -0.2) is 48.7 Å². The molecular formula is C17H27N3O3S. The maximum atomic E-state index is 13.4. The fourth-order valence-corrected chi connectivity index (χ4v) is 6.21. The second-order valence-corrected chi connectivity index (χ2v) is 9.44. The van der Waals surface area contributed by atoms with Crippen molar-refractivity contribution in [2.24, 2.45) is 0 Å². The highest BCUT2D eigenvalue weighted by atomic mass is 32.2. The Morgan fingerprint density at radius 3 is 2.29 bits per heavy atom. The van der Waals surface area contributed by atoms with Gasteiger partial charge in [0.15, 0.2) is 0 Å². The summed E-state index contributed by atoms with van der Waals surface area (Å²) in [5.41, 5.74) is 6.54. The summed E-state index contributed by atoms with van der Waals surface area (Å²) in [6.45, 7) is 8.38. The molecule has 0 radical (unpaired) electrons. The van der Waals surface area contributed by atoms with E-state index in [4.69, 9.17) is 4.74 Å². The third kappa shape index (κ3) is 3.11. The van der Waals surface area contributed by atoms with E-state index in [1.165, 1.54) is 0 Å². The van der Waals surface area contributed by atoms with E-state index < -0.39 is 20.8 Å². The van der Waals surface area contributed by atoms with Crippen LogP contribution in [0.5, 0.6) is 0 Å². The van der Waals surface area contributed by atoms with Gasteiger partial charge in [0, 0.05) is 18.6 Å². The zero-order valence-corrected chi connectivity index (χ0v) is 15.5. The first-order chi connectivity index (χ1) is 11.2. The molecule has 2 fully saturated rings. The van der Waals surface area contributed by atoms with Gasteiger partial charge in [0.25, 0.3) is 0 Å². The van der Waals surface area contributed by atoms with E-state index in [0.717, 1.165) is 5.56 Å². The average molecular weight is 353 g/mol. The SMILES string of the molecule is CC1NNC(C)C1S(=O)(=O)N1CC(c2ccccc2)OCC1(C)C. The number of benzene rings is 1. The molecule has 0 amide bonds. The minimum absolute atomic E-state index is 0.140. The number of nitrogens with zero attached hydrogens (tertiary/aromatic N) is 1. The molecule has 2 saturated heterocycles. The Balaban J connectivity index is 1.91. The van der Waals surface area contributed by atoms with Gasteiger partial charge < -0.3 is 4.74 Å². The fraction of sp³-hybridized carbons (Fsp3) is 0.647. The van der Waals surface area contributed by atoms with E-state index >= 15 is 0 Å². The van der Waals surface area contributed by atoms with Crippen LogP contribution in [0, 0.1) is 0 Å². The zero-order valence-electron chi connectivity index (χ0n) is 14.7. The smallest absolute Gasteiger partial charge is 0.220 e. The third-order valence-electron chi connectivity index (χ3n) is 4.99. The molecule has 2 aliphatic rings. The molecule has 0 aliphatic carbocycles. The predicted molar refractivity (Wildman–Crippen MR) is 93.8 cm³/mol. The third-order valence-corrected chi connectivity index (χ3v) is 7.75. The van der Waals surface area contributed by atoms with Crippen molar-refractivity contribution in [2.45, 2.75) is 56.7 Å². The van der Waals surface area contributed by atoms with Crippen molar-refractivity contribution in [3.05, 3.63) is 35.9 Å². The van der Waals surface area contributed by atoms with Gasteiger partial charge in [-0.1, -0.05) is 30.3 Å². The number of nitrogens with one attached hydrogen (secondary N) is 2. The molecule has 0 saturated carbocycles. The number of ether oxygens (including phenoxy) is 1. The highest BCUT2D eigenvalue weighted by Crippen LogP contribution is 2.35. The van der Waals surface area contributed by atoms with Gasteiger partial charge in [0.2, 0.25) is 10.0 Å². The lowest BCUT2D eigenvalue weighted by Crippen LogP contribution is -2.60. The van der Waals surface area contributed by atoms with Gasteiger partial charge in [-0.25, -0.2) is 8.42 Å². The van der Waals surface area contributed by atoms with Crippen molar-refractivity contribution >= 4 is 10.0 Å². The Hall–Kier alpha value is -0.990. The zero-order chi connectivity index (χ0) is 17.5. The van der Waals surface area contributed by atoms with Crippen molar-refractivity contribution in [1.82, 2.24) is 15.2 Å². The van der Waals surface area contributed by atoms with Gasteiger partial charge >= 0.3 is 0 Å². The minimum Gasteiger partial charge on any atom is -0.370 e. The van der Waals surface area contributed by atoms with Crippen LogP contribution in [0.25, 0.3) is 0 Å². The first-order valence-electron chi connectivity index (χ1n) is 8.43. The molecule has 3 unspecified atom stereocenters. The van der Waals surface area contributed by atoms with Crippen LogP contribution < -0.4 is 10.9 Å². The molecule has 0 bridgehead atoms. The van der Waals surface area contributed by atoms with Gasteiger partial charge in [0.05, 0.1) is 18.2 Å². The molecule has 3 atom stereocenters. The van der Waals surface area contributed by atoms with E-state index in [-0.39, 0.29) is 18.2 Å². The van der Waals surface area contributed by atoms with Crippen LogP contribution in [0.4, 0.5) is 0 Å². The molecule has 24 heavy (non-hydrogen) atoms. The summed E-state index contributed by atoms with van der Waals surface area (Å²) < 4.78 is 34.4. The molecule has 0 spiro atoms. The second kappa shape index (κ2) is 6.38. The van der Waals surface area contributed by atoms with E-state index in [0.29, 0.717) is 13.2 Å². The number of hydrogen-bond acceptors (Lipinski definition) is 5. The maximum Gasteiger partial charge on any atom is 0.220 e. The summed E-state index contributed by atoms with van der Waals surface area (Å²) in [5.74, 6) is 0. The highest BCUT2D eigenvalue weighted by molar-refractivity contribution is 7.89. The van der Waals surface area contributed by atoms with E-state index in [2.05, 4.69) is 10.9 Å². The van der Waals surface area contributed by atoms with Gasteiger partial charge in [-0.2, -0.15) is 4.31 Å². The topological polar surface area (TPSA) is 70.7 Å². The Bertz CT molecular complexity index is 668. The summed E-state index contributed by atoms with van der Waals surface area (Å²) in [4.78, 5) is 0. The Labute approximate surface area is 144 Å². The summed E-state index contributed by atoms with van der Waals surface area (Å²) in [6, 6.07) is 9.54. The molecule has 2 aliphatic heterocycles. The maximum absolute atomic E-state index is 13.4. The molecular weight excluding hydrogens is 326 g/mol. The minimum atomic E-state index is -3.48. The number of sulfonamides is 1. The molecule has 3 rings (SSSR count). The highest BCUT2D eigenvalue weighted by Gasteiger charge is 2.50. The predicted octanol–water partition coefficient (Wildman–Crippen LogP) is 1.42. The standard InChI is InChI=1S/C17H27N3O3S/c1-12-16(13(2)19-18-12)24(21,22)20-10-15(23-11-17(20,3)4)14-8-6-5-7-9-14/h5-9,12-13,15-16,18-19H,10-11H2,1-4H3. The summed E-state index contributed by atoms with van der Waals surface area (Å²) in [7, 11) is -3.48. The normalized spacial score (nSPS) is 34.3. The Morgan fingerprint density at radius 2 is 1.71 bits per heavy atom. The summed E-state index contributed by atoms with van der Waals surface area (Å²) in [6.07, 6.45) is -0.234. The fourth-order valence-electron chi connectivity index (χ4n) is 3.67. The largest absolute Gasteiger partial charge is 0.370 e. The monoisotopic (exact) mass is 353 g/mol. The lowest BCUT2D eigenvalue weighted by atomic mass is 10.0. The Morgan fingerprint density at radius 1 is 1.12 bits per heavy atom. The molecule has 134 valence electrons. The van der Waals surface area contributed by atoms with Crippen LogP contribution in [-0.2, 0) is 14.8 Å². The van der Waals surface area contributed by atoms with E-state index in [1.54, 1.807) is 4.31 Å². The van der Waals surface area contributed by atoms with Gasteiger partial charge in [-0.15, -0.1) is 0 Å². The van der Waals surface area contributed by atoms with Crippen LogP contribution in [0.2, 0.25) is 0 Å². The van der Waals surface area contributed by atoms with Crippen LogP contribution >= 0.6 is 0 Å². The van der Waals surface area contributed by atoms with Gasteiger partial charge in [-0.3, -0.25) is 10.9 Å². The quantitative estimate of drug-likeness (QED) is 0.860. The molecule has 7 heteroatoms. The number of morpholine rings is 1. The molecule has 1 aromatic rings. The van der Waals surface area contributed by atoms with Gasteiger partial charge in [-0.05, 0) is 33.3 Å². The first-order valence-corrected chi connectivity index (χ1v) is 9.93. The lowest BCUT2D eigenvalue weighted by Gasteiger charge is -2.45. The Kier molecular flexibility index (Phi) is 4.74.